The molecule has 0 unspecified atom stereocenters. The smallest absolute Gasteiger partial charge is 0.122 e. The van der Waals surface area contributed by atoms with Gasteiger partial charge in [-0.15, -0.1) is 0 Å². The quantitative estimate of drug-likeness (QED) is 0.743. The molecule has 2 nitrogen and oxygen atoms in total. The van der Waals surface area contributed by atoms with E-state index in [0.29, 0.717) is 6.61 Å². The number of aryl methyl sites for hydroxylation is 1. The van der Waals surface area contributed by atoms with E-state index in [9.17, 15) is 0 Å². The summed E-state index contributed by atoms with van der Waals surface area (Å²) in [7, 11) is 0. The van der Waals surface area contributed by atoms with Crippen LogP contribution in [0.3, 0.4) is 0 Å². The molecule has 0 atom stereocenters. The molecule has 0 spiro atoms. The van der Waals surface area contributed by atoms with Gasteiger partial charge in [-0.25, -0.2) is 0 Å². The molecule has 2 heteroatoms. The molecule has 0 aromatic heterocycles. The highest BCUT2D eigenvalue weighted by Crippen LogP contribution is 2.18. The lowest BCUT2D eigenvalue weighted by atomic mass is 10.1. The molecule has 0 aliphatic rings. The zero-order valence-corrected chi connectivity index (χ0v) is 7.50. The second-order valence-corrected chi connectivity index (χ2v) is 2.69. The first kappa shape index (κ1) is 9.07. The average molecular weight is 166 g/mol. The van der Waals surface area contributed by atoms with Crippen molar-refractivity contribution in [3.8, 4) is 5.75 Å². The lowest BCUT2D eigenvalue weighted by Crippen LogP contribution is -1.94. The molecule has 66 valence electrons. The Morgan fingerprint density at radius 2 is 2.17 bits per heavy atom. The fraction of sp³-hybridized carbons (Fsp3) is 0.400. The summed E-state index contributed by atoms with van der Waals surface area (Å²) in [6.07, 6.45) is 0. The Morgan fingerprint density at radius 1 is 1.42 bits per heavy atom. The maximum absolute atomic E-state index is 8.84. The molecule has 0 saturated heterocycles. The Labute approximate surface area is 72.8 Å². The predicted molar refractivity (Wildman–Crippen MR) is 48.3 cm³/mol. The van der Waals surface area contributed by atoms with Gasteiger partial charge in [0.1, 0.15) is 5.75 Å². The van der Waals surface area contributed by atoms with E-state index in [1.165, 1.54) is 0 Å². The predicted octanol–water partition coefficient (Wildman–Crippen LogP) is 1.89. The molecule has 1 aromatic rings. The van der Waals surface area contributed by atoms with Crippen molar-refractivity contribution < 1.29 is 9.84 Å². The summed E-state index contributed by atoms with van der Waals surface area (Å²) in [5, 5.41) is 8.84. The molecule has 0 heterocycles. The van der Waals surface area contributed by atoms with Crippen LogP contribution in [-0.4, -0.2) is 11.7 Å². The van der Waals surface area contributed by atoms with Crippen molar-refractivity contribution in [1.29, 1.82) is 0 Å². The van der Waals surface area contributed by atoms with Crippen LogP contribution in [-0.2, 0) is 6.61 Å². The van der Waals surface area contributed by atoms with E-state index in [1.54, 1.807) is 0 Å². The highest BCUT2D eigenvalue weighted by molar-refractivity contribution is 5.35. The Kier molecular flexibility index (Phi) is 3.11. The van der Waals surface area contributed by atoms with Gasteiger partial charge in [0.2, 0.25) is 0 Å². The normalized spacial score (nSPS) is 9.92. The summed E-state index contributed by atoms with van der Waals surface area (Å²) in [4.78, 5) is 0. The van der Waals surface area contributed by atoms with E-state index in [2.05, 4.69) is 0 Å². The average Bonchev–Trinajstić information content (AvgIpc) is 2.09. The molecule has 1 aromatic carbocycles. The maximum atomic E-state index is 8.84. The van der Waals surface area contributed by atoms with E-state index in [-0.39, 0.29) is 6.61 Å². The monoisotopic (exact) mass is 166 g/mol. The second kappa shape index (κ2) is 4.12. The summed E-state index contributed by atoms with van der Waals surface area (Å²) in [6.45, 7) is 4.70. The fourth-order valence-corrected chi connectivity index (χ4v) is 1.13. The number of benzene rings is 1. The summed E-state index contributed by atoms with van der Waals surface area (Å²) in [5.74, 6) is 0.898. The number of hydrogen-bond donors (Lipinski definition) is 1. The number of aliphatic hydroxyl groups is 1. The first-order valence-corrected chi connectivity index (χ1v) is 4.11. The largest absolute Gasteiger partial charge is 0.494 e. The van der Waals surface area contributed by atoms with Gasteiger partial charge in [0.05, 0.1) is 13.2 Å². The Morgan fingerprint density at radius 3 is 2.67 bits per heavy atom. The minimum absolute atomic E-state index is 0.0905. The Hall–Kier alpha value is -1.02. The molecule has 0 aliphatic carbocycles. The highest BCUT2D eigenvalue weighted by Gasteiger charge is 1.98. The lowest BCUT2D eigenvalue weighted by molar-refractivity contribution is 0.281. The summed E-state index contributed by atoms with van der Waals surface area (Å²) in [6, 6.07) is 5.70. The van der Waals surface area contributed by atoms with Gasteiger partial charge in [0.25, 0.3) is 0 Å². The molecule has 0 radical (unpaired) electrons. The Balaban J connectivity index is 2.87. The van der Waals surface area contributed by atoms with Crippen molar-refractivity contribution in [3.63, 3.8) is 0 Å². The standard InChI is InChI=1S/C10H14O2/c1-3-12-10-5-4-9(7-11)6-8(10)2/h4-6,11H,3,7H2,1-2H3. The van der Waals surface area contributed by atoms with Crippen molar-refractivity contribution in [1.82, 2.24) is 0 Å². The minimum atomic E-state index is 0.0905. The van der Waals surface area contributed by atoms with Gasteiger partial charge in [0, 0.05) is 0 Å². The van der Waals surface area contributed by atoms with Gasteiger partial charge >= 0.3 is 0 Å². The van der Waals surface area contributed by atoms with Crippen molar-refractivity contribution in [2.75, 3.05) is 6.61 Å². The second-order valence-electron chi connectivity index (χ2n) is 2.69. The van der Waals surface area contributed by atoms with Gasteiger partial charge in [-0.3, -0.25) is 0 Å². The van der Waals surface area contributed by atoms with Gasteiger partial charge < -0.3 is 9.84 Å². The molecule has 0 amide bonds. The van der Waals surface area contributed by atoms with E-state index >= 15 is 0 Å². The van der Waals surface area contributed by atoms with E-state index in [1.807, 2.05) is 32.0 Å². The van der Waals surface area contributed by atoms with Gasteiger partial charge in [-0.05, 0) is 31.0 Å². The maximum Gasteiger partial charge on any atom is 0.122 e. The Bertz CT molecular complexity index is 256. The highest BCUT2D eigenvalue weighted by atomic mass is 16.5. The van der Waals surface area contributed by atoms with Gasteiger partial charge in [-0.2, -0.15) is 0 Å². The first-order chi connectivity index (χ1) is 5.77. The van der Waals surface area contributed by atoms with Crippen LogP contribution >= 0.6 is 0 Å². The molecule has 1 N–H and O–H groups in total. The molecule has 0 bridgehead atoms. The van der Waals surface area contributed by atoms with Crippen LogP contribution in [0.5, 0.6) is 5.75 Å². The third-order valence-electron chi connectivity index (χ3n) is 1.72. The molecule has 12 heavy (non-hydrogen) atoms. The molecular formula is C10H14O2. The topological polar surface area (TPSA) is 29.5 Å². The molecular weight excluding hydrogens is 152 g/mol. The summed E-state index contributed by atoms with van der Waals surface area (Å²) >= 11 is 0. The minimum Gasteiger partial charge on any atom is -0.494 e. The van der Waals surface area contributed by atoms with Crippen molar-refractivity contribution in [2.45, 2.75) is 20.5 Å². The zero-order valence-electron chi connectivity index (χ0n) is 7.50. The van der Waals surface area contributed by atoms with Crippen LogP contribution in [0.15, 0.2) is 18.2 Å². The zero-order chi connectivity index (χ0) is 8.97. The van der Waals surface area contributed by atoms with Crippen LogP contribution in [0.4, 0.5) is 0 Å². The molecule has 1 rings (SSSR count). The number of hydrogen-bond acceptors (Lipinski definition) is 2. The lowest BCUT2D eigenvalue weighted by Gasteiger charge is -2.07. The van der Waals surface area contributed by atoms with Crippen LogP contribution in [0.2, 0.25) is 0 Å². The van der Waals surface area contributed by atoms with Crippen molar-refractivity contribution >= 4 is 0 Å². The number of rotatable bonds is 3. The van der Waals surface area contributed by atoms with Gasteiger partial charge in [-0.1, -0.05) is 12.1 Å². The molecule has 0 fully saturated rings. The third kappa shape index (κ3) is 1.98. The van der Waals surface area contributed by atoms with Crippen LogP contribution in [0.1, 0.15) is 18.1 Å². The van der Waals surface area contributed by atoms with Crippen LogP contribution < -0.4 is 4.74 Å². The van der Waals surface area contributed by atoms with Crippen LogP contribution in [0, 0.1) is 6.92 Å². The summed E-state index contributed by atoms with van der Waals surface area (Å²) in [5.41, 5.74) is 2.00. The fourth-order valence-electron chi connectivity index (χ4n) is 1.13. The number of ether oxygens (including phenoxy) is 1. The number of aliphatic hydroxyl groups excluding tert-OH is 1. The van der Waals surface area contributed by atoms with Crippen LogP contribution in [0.25, 0.3) is 0 Å². The molecule has 0 aliphatic heterocycles. The first-order valence-electron chi connectivity index (χ1n) is 4.11. The van der Waals surface area contributed by atoms with Gasteiger partial charge in [0.15, 0.2) is 0 Å². The summed E-state index contributed by atoms with van der Waals surface area (Å²) < 4.78 is 5.35. The van der Waals surface area contributed by atoms with E-state index in [4.69, 9.17) is 9.84 Å². The third-order valence-corrected chi connectivity index (χ3v) is 1.72. The van der Waals surface area contributed by atoms with E-state index in [0.717, 1.165) is 16.9 Å². The molecule has 0 saturated carbocycles. The van der Waals surface area contributed by atoms with E-state index < -0.39 is 0 Å². The van der Waals surface area contributed by atoms with Crippen molar-refractivity contribution in [2.24, 2.45) is 0 Å². The van der Waals surface area contributed by atoms with Crippen molar-refractivity contribution in [3.05, 3.63) is 29.3 Å². The SMILES string of the molecule is CCOc1ccc(CO)cc1C.